The van der Waals surface area contributed by atoms with E-state index in [0.717, 1.165) is 31.4 Å². The summed E-state index contributed by atoms with van der Waals surface area (Å²) in [6.45, 7) is 2.24. The molecule has 0 radical (unpaired) electrons. The van der Waals surface area contributed by atoms with Gasteiger partial charge in [0, 0.05) is 37.4 Å². The number of nitrogens with one attached hydrogen (secondary N) is 1. The minimum Gasteiger partial charge on any atom is -0.342 e. The van der Waals surface area contributed by atoms with Crippen LogP contribution in [0.1, 0.15) is 37.5 Å². The van der Waals surface area contributed by atoms with Gasteiger partial charge in [0.1, 0.15) is 5.82 Å². The molecular formula is C26H28FN5O3. The van der Waals surface area contributed by atoms with Gasteiger partial charge in [0.15, 0.2) is 0 Å². The van der Waals surface area contributed by atoms with Crippen LogP contribution in [0.5, 0.6) is 0 Å². The number of hydrogen-bond acceptors (Lipinski definition) is 5. The largest absolute Gasteiger partial charge is 0.342 e. The molecule has 1 aromatic heterocycles. The smallest absolute Gasteiger partial charge is 0.321 e. The lowest BCUT2D eigenvalue weighted by Crippen LogP contribution is -2.49. The van der Waals surface area contributed by atoms with Crippen LogP contribution in [0.2, 0.25) is 0 Å². The number of amides is 3. The number of halogens is 1. The standard InChI is InChI=1S/C26H28FN5O3/c27-21-12-10-18(11-13-21)23-29-24(35-30-23)19-6-4-14-31(16-19)25(33)20-7-5-15-32(17-20)26(34)28-22-8-2-1-3-9-22/h1-3,8-13,19-20H,4-7,14-17H2,(H,28,34)/t19-,20+/m0/s1. The number of anilines is 1. The average Bonchev–Trinajstić information content (AvgIpc) is 3.40. The van der Waals surface area contributed by atoms with Gasteiger partial charge in [0.05, 0.1) is 11.8 Å². The van der Waals surface area contributed by atoms with Gasteiger partial charge >= 0.3 is 6.03 Å². The van der Waals surface area contributed by atoms with Crippen molar-refractivity contribution in [2.24, 2.45) is 5.92 Å². The number of piperidine rings is 2. The van der Waals surface area contributed by atoms with Crippen molar-refractivity contribution in [2.75, 3.05) is 31.5 Å². The number of carbonyl (C=O) groups is 2. The summed E-state index contributed by atoms with van der Waals surface area (Å²) in [6.07, 6.45) is 3.26. The molecule has 5 rings (SSSR count). The van der Waals surface area contributed by atoms with Gasteiger partial charge in [-0.2, -0.15) is 4.98 Å². The van der Waals surface area contributed by atoms with Gasteiger partial charge in [0.2, 0.25) is 17.6 Å². The Morgan fingerprint density at radius 2 is 1.69 bits per heavy atom. The fraction of sp³-hybridized carbons (Fsp3) is 0.385. The number of aromatic nitrogens is 2. The molecule has 2 atom stereocenters. The van der Waals surface area contributed by atoms with Gasteiger partial charge in [-0.25, -0.2) is 9.18 Å². The monoisotopic (exact) mass is 477 g/mol. The zero-order valence-corrected chi connectivity index (χ0v) is 19.4. The highest BCUT2D eigenvalue weighted by molar-refractivity contribution is 5.90. The lowest BCUT2D eigenvalue weighted by atomic mass is 9.93. The van der Waals surface area contributed by atoms with E-state index >= 15 is 0 Å². The van der Waals surface area contributed by atoms with E-state index in [2.05, 4.69) is 15.5 Å². The first-order valence-electron chi connectivity index (χ1n) is 12.1. The molecule has 0 aliphatic carbocycles. The number of carbonyl (C=O) groups excluding carboxylic acids is 2. The second kappa shape index (κ2) is 10.2. The summed E-state index contributed by atoms with van der Waals surface area (Å²) in [4.78, 5) is 34.2. The van der Waals surface area contributed by atoms with Crippen molar-refractivity contribution < 1.29 is 18.5 Å². The molecule has 9 heteroatoms. The molecule has 2 saturated heterocycles. The van der Waals surface area contributed by atoms with Crippen molar-refractivity contribution in [1.82, 2.24) is 19.9 Å². The first-order valence-corrected chi connectivity index (χ1v) is 12.1. The Morgan fingerprint density at radius 3 is 2.49 bits per heavy atom. The van der Waals surface area contributed by atoms with Crippen LogP contribution in [0.15, 0.2) is 59.1 Å². The Balaban J connectivity index is 1.20. The Kier molecular flexibility index (Phi) is 6.74. The van der Waals surface area contributed by atoms with Gasteiger partial charge < -0.3 is 19.6 Å². The summed E-state index contributed by atoms with van der Waals surface area (Å²) in [5.41, 5.74) is 1.42. The zero-order chi connectivity index (χ0) is 24.2. The summed E-state index contributed by atoms with van der Waals surface area (Å²) < 4.78 is 18.7. The summed E-state index contributed by atoms with van der Waals surface area (Å²) in [6, 6.07) is 15.1. The molecule has 3 amide bonds. The molecule has 182 valence electrons. The Hall–Kier alpha value is -3.75. The van der Waals surface area contributed by atoms with Crippen molar-refractivity contribution in [2.45, 2.75) is 31.6 Å². The molecule has 1 N–H and O–H groups in total. The van der Waals surface area contributed by atoms with Gasteiger partial charge in [-0.1, -0.05) is 23.4 Å². The fourth-order valence-electron chi connectivity index (χ4n) is 4.84. The van der Waals surface area contributed by atoms with Crippen molar-refractivity contribution in [3.63, 3.8) is 0 Å². The Morgan fingerprint density at radius 1 is 0.943 bits per heavy atom. The third kappa shape index (κ3) is 5.34. The average molecular weight is 478 g/mol. The van der Waals surface area contributed by atoms with Gasteiger partial charge in [0.25, 0.3) is 0 Å². The summed E-state index contributed by atoms with van der Waals surface area (Å²) in [5.74, 6) is 0.394. The normalized spacial score (nSPS) is 20.5. The molecule has 2 fully saturated rings. The maximum absolute atomic E-state index is 13.4. The van der Waals surface area contributed by atoms with Crippen molar-refractivity contribution >= 4 is 17.6 Å². The number of rotatable bonds is 4. The van der Waals surface area contributed by atoms with Crippen LogP contribution in [-0.2, 0) is 4.79 Å². The molecule has 0 unspecified atom stereocenters. The quantitative estimate of drug-likeness (QED) is 0.596. The van der Waals surface area contributed by atoms with Crippen LogP contribution >= 0.6 is 0 Å². The second-order valence-corrected chi connectivity index (χ2v) is 9.17. The predicted octanol–water partition coefficient (Wildman–Crippen LogP) is 4.53. The van der Waals surface area contributed by atoms with Crippen LogP contribution in [0.3, 0.4) is 0 Å². The SMILES string of the molecule is O=C(Nc1ccccc1)N1CCC[C@@H](C(=O)N2CCC[C@H](c3nc(-c4ccc(F)cc4)no3)C2)C1. The van der Waals surface area contributed by atoms with Crippen LogP contribution in [0, 0.1) is 11.7 Å². The highest BCUT2D eigenvalue weighted by Gasteiger charge is 2.35. The molecular weight excluding hydrogens is 449 g/mol. The van der Waals surface area contributed by atoms with Crippen LogP contribution in [-0.4, -0.2) is 58.1 Å². The van der Waals surface area contributed by atoms with E-state index in [1.807, 2.05) is 35.2 Å². The fourth-order valence-corrected chi connectivity index (χ4v) is 4.84. The maximum atomic E-state index is 13.4. The summed E-state index contributed by atoms with van der Waals surface area (Å²) in [7, 11) is 0. The lowest BCUT2D eigenvalue weighted by molar-refractivity contribution is -0.138. The summed E-state index contributed by atoms with van der Waals surface area (Å²) >= 11 is 0. The van der Waals surface area contributed by atoms with E-state index in [0.29, 0.717) is 43.5 Å². The predicted molar refractivity (Wildman–Crippen MR) is 128 cm³/mol. The molecule has 8 nitrogen and oxygen atoms in total. The van der Waals surface area contributed by atoms with Gasteiger partial charge in [-0.15, -0.1) is 0 Å². The molecule has 35 heavy (non-hydrogen) atoms. The highest BCUT2D eigenvalue weighted by Crippen LogP contribution is 2.30. The highest BCUT2D eigenvalue weighted by atomic mass is 19.1. The first kappa shape index (κ1) is 23.0. The second-order valence-electron chi connectivity index (χ2n) is 9.17. The Labute approximate surface area is 203 Å². The molecule has 3 aromatic rings. The minimum atomic E-state index is -0.322. The maximum Gasteiger partial charge on any atom is 0.321 e. The molecule has 2 aliphatic heterocycles. The molecule has 0 saturated carbocycles. The Bertz CT molecular complexity index is 1170. The molecule has 0 spiro atoms. The van der Waals surface area contributed by atoms with Crippen molar-refractivity contribution in [3.05, 3.63) is 66.3 Å². The third-order valence-electron chi connectivity index (χ3n) is 6.71. The van der Waals surface area contributed by atoms with E-state index in [-0.39, 0.29) is 29.6 Å². The van der Waals surface area contributed by atoms with Gasteiger partial charge in [-0.3, -0.25) is 4.79 Å². The van der Waals surface area contributed by atoms with E-state index in [1.165, 1.54) is 12.1 Å². The van der Waals surface area contributed by atoms with Crippen molar-refractivity contribution in [3.8, 4) is 11.4 Å². The topological polar surface area (TPSA) is 91.6 Å². The van der Waals surface area contributed by atoms with E-state index < -0.39 is 0 Å². The summed E-state index contributed by atoms with van der Waals surface area (Å²) in [5, 5.41) is 6.96. The third-order valence-corrected chi connectivity index (χ3v) is 6.71. The number of hydrogen-bond donors (Lipinski definition) is 1. The molecule has 2 aromatic carbocycles. The number of likely N-dealkylation sites (tertiary alicyclic amines) is 2. The van der Waals surface area contributed by atoms with E-state index in [9.17, 15) is 14.0 Å². The van der Waals surface area contributed by atoms with Crippen LogP contribution in [0.4, 0.5) is 14.9 Å². The number of urea groups is 1. The number of para-hydroxylation sites is 1. The van der Waals surface area contributed by atoms with Crippen molar-refractivity contribution in [1.29, 1.82) is 0 Å². The zero-order valence-electron chi connectivity index (χ0n) is 19.4. The van der Waals surface area contributed by atoms with E-state index in [1.54, 1.807) is 17.0 Å². The first-order chi connectivity index (χ1) is 17.1. The van der Waals surface area contributed by atoms with Crippen LogP contribution < -0.4 is 5.32 Å². The minimum absolute atomic E-state index is 0.0459. The lowest BCUT2D eigenvalue weighted by Gasteiger charge is -2.37. The molecule has 3 heterocycles. The van der Waals surface area contributed by atoms with E-state index in [4.69, 9.17) is 4.52 Å². The number of nitrogens with zero attached hydrogens (tertiary/aromatic N) is 4. The molecule has 0 bridgehead atoms. The van der Waals surface area contributed by atoms with Crippen LogP contribution in [0.25, 0.3) is 11.4 Å². The molecule has 2 aliphatic rings. The van der Waals surface area contributed by atoms with Gasteiger partial charge in [-0.05, 0) is 62.1 Å². The number of benzene rings is 2.